The molecule has 0 spiro atoms. The van der Waals surface area contributed by atoms with Crippen LogP contribution in [0.1, 0.15) is 18.9 Å². The predicted molar refractivity (Wildman–Crippen MR) is 134 cm³/mol. The minimum atomic E-state index is -0.518. The Morgan fingerprint density at radius 2 is 1.94 bits per heavy atom. The number of amides is 3. The van der Waals surface area contributed by atoms with Crippen molar-refractivity contribution in [1.29, 1.82) is 0 Å². The zero-order chi connectivity index (χ0) is 24.4. The Hall–Kier alpha value is -3.98. The summed E-state index contributed by atoms with van der Waals surface area (Å²) < 4.78 is 16.5. The molecule has 178 valence electrons. The molecule has 2 aliphatic heterocycles. The predicted octanol–water partition coefficient (Wildman–Crippen LogP) is 5.03. The van der Waals surface area contributed by atoms with Gasteiger partial charge in [-0.25, -0.2) is 0 Å². The molecular formula is C26H22N2O6S. The summed E-state index contributed by atoms with van der Waals surface area (Å²) in [5, 5.41) is 4.09. The topological polar surface area (TPSA) is 94.2 Å². The maximum atomic E-state index is 13.1. The molecule has 3 aromatic carbocycles. The zero-order valence-electron chi connectivity index (χ0n) is 18.9. The van der Waals surface area contributed by atoms with E-state index >= 15 is 0 Å². The molecule has 8 nitrogen and oxygen atoms in total. The highest BCUT2D eigenvalue weighted by molar-refractivity contribution is 8.18. The summed E-state index contributed by atoms with van der Waals surface area (Å²) in [4.78, 5) is 39.5. The molecule has 1 N–H and O–H groups in total. The van der Waals surface area contributed by atoms with Crippen molar-refractivity contribution in [3.05, 3.63) is 65.1 Å². The molecule has 2 heterocycles. The second-order valence-electron chi connectivity index (χ2n) is 7.93. The number of ether oxygens (including phenoxy) is 3. The van der Waals surface area contributed by atoms with Crippen molar-refractivity contribution in [2.75, 3.05) is 25.3 Å². The van der Waals surface area contributed by atoms with Gasteiger partial charge in [-0.15, -0.1) is 0 Å². The summed E-state index contributed by atoms with van der Waals surface area (Å²) in [5.41, 5.74) is 1.21. The molecule has 0 atom stereocenters. The van der Waals surface area contributed by atoms with E-state index in [9.17, 15) is 14.4 Å². The van der Waals surface area contributed by atoms with Crippen LogP contribution in [-0.2, 0) is 9.59 Å². The van der Waals surface area contributed by atoms with Crippen molar-refractivity contribution in [2.45, 2.75) is 13.3 Å². The smallest absolute Gasteiger partial charge is 0.294 e. The summed E-state index contributed by atoms with van der Waals surface area (Å²) in [5.74, 6) is 0.737. The number of benzene rings is 3. The molecule has 0 aliphatic carbocycles. The van der Waals surface area contributed by atoms with Crippen molar-refractivity contribution in [1.82, 2.24) is 4.90 Å². The number of carbonyl (C=O) groups is 3. The highest BCUT2D eigenvalue weighted by Crippen LogP contribution is 2.37. The fraction of sp³-hybridized carbons (Fsp3) is 0.192. The third-order valence-electron chi connectivity index (χ3n) is 5.50. The van der Waals surface area contributed by atoms with E-state index < -0.39 is 23.6 Å². The SMILES string of the molecule is CCCOc1ccc2ccccc2c1/C=C1\SC(=O)N(CC(=O)Nc2ccc3c(c2)OCO3)C1=O. The van der Waals surface area contributed by atoms with Crippen LogP contribution in [0.2, 0.25) is 0 Å². The van der Waals surface area contributed by atoms with E-state index in [0.717, 1.165) is 39.4 Å². The van der Waals surface area contributed by atoms with Gasteiger partial charge in [0.1, 0.15) is 12.3 Å². The minimum absolute atomic E-state index is 0.123. The van der Waals surface area contributed by atoms with E-state index in [4.69, 9.17) is 14.2 Å². The van der Waals surface area contributed by atoms with Crippen LogP contribution in [0.25, 0.3) is 16.8 Å². The monoisotopic (exact) mass is 490 g/mol. The van der Waals surface area contributed by atoms with Gasteiger partial charge in [-0.1, -0.05) is 37.3 Å². The van der Waals surface area contributed by atoms with Gasteiger partial charge in [0.25, 0.3) is 11.1 Å². The normalized spacial score (nSPS) is 15.8. The second kappa shape index (κ2) is 9.71. The van der Waals surface area contributed by atoms with E-state index in [1.807, 2.05) is 43.3 Å². The number of imide groups is 1. The van der Waals surface area contributed by atoms with Crippen LogP contribution >= 0.6 is 11.8 Å². The third-order valence-corrected chi connectivity index (χ3v) is 6.41. The molecule has 1 fully saturated rings. The van der Waals surface area contributed by atoms with Crippen LogP contribution in [0.5, 0.6) is 17.2 Å². The van der Waals surface area contributed by atoms with Crippen molar-refractivity contribution in [2.24, 2.45) is 0 Å². The number of thioether (sulfide) groups is 1. The fourth-order valence-electron chi connectivity index (χ4n) is 3.85. The molecule has 2 aliphatic rings. The minimum Gasteiger partial charge on any atom is -0.493 e. The molecule has 0 aromatic heterocycles. The lowest BCUT2D eigenvalue weighted by Gasteiger charge is -2.13. The number of carbonyl (C=O) groups excluding carboxylic acids is 3. The van der Waals surface area contributed by atoms with Gasteiger partial charge in [0.05, 0.1) is 11.5 Å². The van der Waals surface area contributed by atoms with E-state index in [0.29, 0.717) is 29.5 Å². The third kappa shape index (κ3) is 4.67. The van der Waals surface area contributed by atoms with Gasteiger partial charge in [-0.2, -0.15) is 0 Å². The Labute approximate surface area is 205 Å². The van der Waals surface area contributed by atoms with Crippen LogP contribution in [0.3, 0.4) is 0 Å². The molecule has 5 rings (SSSR count). The first-order valence-corrected chi connectivity index (χ1v) is 11.9. The molecule has 9 heteroatoms. The standard InChI is InChI=1S/C26H22N2O6S/c1-2-11-32-20-9-7-16-5-3-4-6-18(16)19(20)13-23-25(30)28(26(31)35-23)14-24(29)27-17-8-10-21-22(12-17)34-15-33-21/h3-10,12-13H,2,11,14-15H2,1H3,(H,27,29)/b23-13-. The lowest BCUT2D eigenvalue weighted by Crippen LogP contribution is -2.36. The van der Waals surface area contributed by atoms with Crippen LogP contribution in [0.4, 0.5) is 10.5 Å². The summed E-state index contributed by atoms with van der Waals surface area (Å²) in [7, 11) is 0. The zero-order valence-corrected chi connectivity index (χ0v) is 19.7. The first kappa shape index (κ1) is 22.8. The number of hydrogen-bond acceptors (Lipinski definition) is 7. The van der Waals surface area contributed by atoms with Crippen molar-refractivity contribution in [3.8, 4) is 17.2 Å². The lowest BCUT2D eigenvalue weighted by molar-refractivity contribution is -0.127. The molecule has 0 bridgehead atoms. The molecular weight excluding hydrogens is 468 g/mol. The Balaban J connectivity index is 1.36. The summed E-state index contributed by atoms with van der Waals surface area (Å²) in [6.45, 7) is 2.27. The Bertz CT molecular complexity index is 1370. The molecule has 3 amide bonds. The highest BCUT2D eigenvalue weighted by Gasteiger charge is 2.36. The van der Waals surface area contributed by atoms with Gasteiger partial charge in [-0.05, 0) is 53.2 Å². The molecule has 1 saturated heterocycles. The number of hydrogen-bond donors (Lipinski definition) is 1. The lowest BCUT2D eigenvalue weighted by atomic mass is 10.0. The Morgan fingerprint density at radius 1 is 1.11 bits per heavy atom. The summed E-state index contributed by atoms with van der Waals surface area (Å²) in [6, 6.07) is 16.6. The number of fused-ring (bicyclic) bond motifs is 2. The second-order valence-corrected chi connectivity index (χ2v) is 8.92. The van der Waals surface area contributed by atoms with Gasteiger partial charge < -0.3 is 19.5 Å². The van der Waals surface area contributed by atoms with Crippen molar-refractivity contribution < 1.29 is 28.6 Å². The molecule has 3 aromatic rings. The number of rotatable bonds is 7. The van der Waals surface area contributed by atoms with Crippen molar-refractivity contribution >= 4 is 51.4 Å². The number of anilines is 1. The van der Waals surface area contributed by atoms with Gasteiger partial charge in [0.15, 0.2) is 11.5 Å². The van der Waals surface area contributed by atoms with Crippen LogP contribution < -0.4 is 19.5 Å². The Morgan fingerprint density at radius 3 is 2.80 bits per heavy atom. The number of nitrogens with zero attached hydrogens (tertiary/aromatic N) is 1. The molecule has 0 radical (unpaired) electrons. The molecule has 0 saturated carbocycles. The van der Waals surface area contributed by atoms with Crippen LogP contribution in [0.15, 0.2) is 59.5 Å². The fourth-order valence-corrected chi connectivity index (χ4v) is 4.67. The summed E-state index contributed by atoms with van der Waals surface area (Å²) in [6.07, 6.45) is 2.51. The number of nitrogens with one attached hydrogen (secondary N) is 1. The van der Waals surface area contributed by atoms with Gasteiger partial charge in [0, 0.05) is 17.3 Å². The van der Waals surface area contributed by atoms with Crippen LogP contribution in [-0.4, -0.2) is 41.9 Å². The highest BCUT2D eigenvalue weighted by atomic mass is 32.2. The quantitative estimate of drug-likeness (QED) is 0.464. The maximum absolute atomic E-state index is 13.1. The van der Waals surface area contributed by atoms with E-state index in [-0.39, 0.29) is 11.7 Å². The Kier molecular flexibility index (Phi) is 6.33. The van der Waals surface area contributed by atoms with E-state index in [2.05, 4.69) is 5.32 Å². The largest absolute Gasteiger partial charge is 0.493 e. The van der Waals surface area contributed by atoms with Crippen LogP contribution in [0, 0.1) is 0 Å². The first-order chi connectivity index (χ1) is 17.0. The first-order valence-electron chi connectivity index (χ1n) is 11.1. The average molecular weight is 491 g/mol. The van der Waals surface area contributed by atoms with E-state index in [1.165, 1.54) is 0 Å². The average Bonchev–Trinajstić information content (AvgIpc) is 3.43. The summed E-state index contributed by atoms with van der Waals surface area (Å²) >= 11 is 0.809. The van der Waals surface area contributed by atoms with E-state index in [1.54, 1.807) is 24.3 Å². The maximum Gasteiger partial charge on any atom is 0.294 e. The van der Waals surface area contributed by atoms with Crippen molar-refractivity contribution in [3.63, 3.8) is 0 Å². The molecule has 0 unspecified atom stereocenters. The molecule has 35 heavy (non-hydrogen) atoms. The van der Waals surface area contributed by atoms with Gasteiger partial charge in [-0.3, -0.25) is 19.3 Å². The van der Waals surface area contributed by atoms with Gasteiger partial charge >= 0.3 is 0 Å². The van der Waals surface area contributed by atoms with Gasteiger partial charge in [0.2, 0.25) is 12.7 Å².